The number of hydrogen-bond donors (Lipinski definition) is 1. The van der Waals surface area contributed by atoms with Crippen LogP contribution in [0.15, 0.2) is 36.4 Å². The maximum Gasteiger partial charge on any atom is 0.138 e. The number of aryl methyl sites for hydroxylation is 1. The Hall–Kier alpha value is -1.80. The van der Waals surface area contributed by atoms with Crippen LogP contribution in [-0.2, 0) is 0 Å². The monoisotopic (exact) mass is 284 g/mol. The minimum Gasteiger partial charge on any atom is -0.338 e. The molecule has 3 heteroatoms. The Kier molecular flexibility index (Phi) is 3.27. The van der Waals surface area contributed by atoms with E-state index in [2.05, 4.69) is 48.1 Å². The number of fused-ring (bicyclic) bond motifs is 1. The molecule has 0 amide bonds. The lowest BCUT2D eigenvalue weighted by molar-refractivity contribution is 0.867. The number of rotatable bonds is 2. The summed E-state index contributed by atoms with van der Waals surface area (Å²) in [7, 11) is 0. The minimum absolute atomic E-state index is 0.543. The highest BCUT2D eigenvalue weighted by atomic mass is 35.5. The number of aromatic nitrogens is 2. The van der Waals surface area contributed by atoms with E-state index in [1.165, 1.54) is 5.56 Å². The third-order valence-electron chi connectivity index (χ3n) is 3.61. The second-order valence-electron chi connectivity index (χ2n) is 5.48. The summed E-state index contributed by atoms with van der Waals surface area (Å²) in [6, 6.07) is 12.5. The number of nitrogens with one attached hydrogen (secondary N) is 1. The van der Waals surface area contributed by atoms with Gasteiger partial charge in [-0.05, 0) is 36.1 Å². The average molecular weight is 285 g/mol. The van der Waals surface area contributed by atoms with E-state index in [1.54, 1.807) is 0 Å². The largest absolute Gasteiger partial charge is 0.338 e. The van der Waals surface area contributed by atoms with Crippen LogP contribution in [0, 0.1) is 6.92 Å². The molecule has 3 aromatic rings. The van der Waals surface area contributed by atoms with Gasteiger partial charge in [-0.15, -0.1) is 0 Å². The number of hydrogen-bond acceptors (Lipinski definition) is 1. The fourth-order valence-corrected chi connectivity index (χ4v) is 2.46. The van der Waals surface area contributed by atoms with Crippen LogP contribution >= 0.6 is 11.6 Å². The Morgan fingerprint density at radius 3 is 2.45 bits per heavy atom. The van der Waals surface area contributed by atoms with Crippen molar-refractivity contribution in [1.29, 1.82) is 0 Å². The quantitative estimate of drug-likeness (QED) is 0.678. The third-order valence-corrected chi connectivity index (χ3v) is 4.02. The first-order chi connectivity index (χ1) is 9.54. The van der Waals surface area contributed by atoms with Gasteiger partial charge in [0.1, 0.15) is 5.82 Å². The number of imidazole rings is 1. The second-order valence-corrected chi connectivity index (χ2v) is 5.89. The molecule has 0 aliphatic heterocycles. The Balaban J connectivity index is 2.05. The molecule has 3 rings (SSSR count). The molecule has 0 saturated carbocycles. The van der Waals surface area contributed by atoms with Crippen molar-refractivity contribution in [3.8, 4) is 11.4 Å². The molecule has 1 aromatic heterocycles. The summed E-state index contributed by atoms with van der Waals surface area (Å²) in [6.07, 6.45) is 0. The summed E-state index contributed by atoms with van der Waals surface area (Å²) in [5.74, 6) is 1.43. The van der Waals surface area contributed by atoms with Crippen molar-refractivity contribution in [2.75, 3.05) is 0 Å². The highest BCUT2D eigenvalue weighted by molar-refractivity contribution is 6.32. The number of halogens is 1. The van der Waals surface area contributed by atoms with Gasteiger partial charge in [-0.3, -0.25) is 0 Å². The van der Waals surface area contributed by atoms with Crippen molar-refractivity contribution in [3.05, 3.63) is 52.5 Å². The molecule has 0 fully saturated rings. The van der Waals surface area contributed by atoms with Gasteiger partial charge in [-0.1, -0.05) is 49.7 Å². The zero-order valence-electron chi connectivity index (χ0n) is 11.9. The van der Waals surface area contributed by atoms with Gasteiger partial charge in [0.2, 0.25) is 0 Å². The number of benzene rings is 2. The molecular weight excluding hydrogens is 268 g/mol. The van der Waals surface area contributed by atoms with E-state index in [1.807, 2.05) is 19.1 Å². The van der Waals surface area contributed by atoms with Crippen molar-refractivity contribution in [1.82, 2.24) is 9.97 Å². The predicted molar refractivity (Wildman–Crippen MR) is 85.4 cm³/mol. The molecule has 0 saturated heterocycles. The minimum atomic E-state index is 0.543. The molecule has 102 valence electrons. The van der Waals surface area contributed by atoms with Gasteiger partial charge < -0.3 is 4.98 Å². The first-order valence-electron chi connectivity index (χ1n) is 6.81. The summed E-state index contributed by atoms with van der Waals surface area (Å²) >= 11 is 6.14. The Morgan fingerprint density at radius 2 is 1.80 bits per heavy atom. The molecule has 0 radical (unpaired) electrons. The molecule has 1 N–H and O–H groups in total. The second kappa shape index (κ2) is 4.95. The van der Waals surface area contributed by atoms with Crippen LogP contribution in [0.1, 0.15) is 30.9 Å². The summed E-state index contributed by atoms with van der Waals surface area (Å²) < 4.78 is 0. The molecule has 0 bridgehead atoms. The number of H-pyrrole nitrogens is 1. The van der Waals surface area contributed by atoms with Gasteiger partial charge in [0.05, 0.1) is 11.0 Å². The molecule has 2 nitrogen and oxygen atoms in total. The Labute approximate surface area is 123 Å². The van der Waals surface area contributed by atoms with Crippen molar-refractivity contribution < 1.29 is 0 Å². The van der Waals surface area contributed by atoms with Crippen molar-refractivity contribution in [2.45, 2.75) is 26.7 Å². The lowest BCUT2D eigenvalue weighted by atomic mass is 10.0. The maximum atomic E-state index is 6.14. The van der Waals surface area contributed by atoms with Gasteiger partial charge in [0.15, 0.2) is 0 Å². The maximum absolute atomic E-state index is 6.14. The number of aromatic amines is 1. The molecule has 0 unspecified atom stereocenters. The van der Waals surface area contributed by atoms with Crippen LogP contribution in [-0.4, -0.2) is 9.97 Å². The zero-order chi connectivity index (χ0) is 14.3. The standard InChI is InChI=1S/C17H17ClN2/c1-10(2)12-4-6-13(7-5-12)17-19-15-8-11(3)14(18)9-16(15)20-17/h4-10H,1-3H3,(H,19,20). The van der Waals surface area contributed by atoms with E-state index in [0.29, 0.717) is 5.92 Å². The van der Waals surface area contributed by atoms with Gasteiger partial charge in [0.25, 0.3) is 0 Å². The van der Waals surface area contributed by atoms with E-state index in [0.717, 1.165) is 33.0 Å². The van der Waals surface area contributed by atoms with Crippen LogP contribution in [0.25, 0.3) is 22.4 Å². The lowest BCUT2D eigenvalue weighted by Gasteiger charge is -2.05. The smallest absolute Gasteiger partial charge is 0.138 e. The zero-order valence-corrected chi connectivity index (χ0v) is 12.6. The molecule has 2 aromatic carbocycles. The number of nitrogens with zero attached hydrogens (tertiary/aromatic N) is 1. The van der Waals surface area contributed by atoms with Crippen LogP contribution in [0.5, 0.6) is 0 Å². The van der Waals surface area contributed by atoms with Crippen molar-refractivity contribution in [2.24, 2.45) is 0 Å². The van der Waals surface area contributed by atoms with Crippen LogP contribution < -0.4 is 0 Å². The van der Waals surface area contributed by atoms with Crippen molar-refractivity contribution >= 4 is 22.6 Å². The Bertz CT molecular complexity index is 716. The molecule has 0 aliphatic carbocycles. The topological polar surface area (TPSA) is 28.7 Å². The van der Waals surface area contributed by atoms with Gasteiger partial charge in [0, 0.05) is 10.6 Å². The van der Waals surface area contributed by atoms with Crippen LogP contribution in [0.2, 0.25) is 5.02 Å². The highest BCUT2D eigenvalue weighted by Gasteiger charge is 2.08. The summed E-state index contributed by atoms with van der Waals surface area (Å²) in [5, 5.41) is 0.755. The average Bonchev–Trinajstić information content (AvgIpc) is 2.82. The van der Waals surface area contributed by atoms with E-state index < -0.39 is 0 Å². The molecule has 0 aliphatic rings. The first-order valence-corrected chi connectivity index (χ1v) is 7.18. The summed E-state index contributed by atoms with van der Waals surface area (Å²) in [5.41, 5.74) is 5.42. The van der Waals surface area contributed by atoms with Crippen LogP contribution in [0.4, 0.5) is 0 Å². The fraction of sp³-hybridized carbons (Fsp3) is 0.235. The van der Waals surface area contributed by atoms with Crippen LogP contribution in [0.3, 0.4) is 0 Å². The Morgan fingerprint density at radius 1 is 1.10 bits per heavy atom. The SMILES string of the molecule is Cc1cc2[nH]c(-c3ccc(C(C)C)cc3)nc2cc1Cl. The highest BCUT2D eigenvalue weighted by Crippen LogP contribution is 2.26. The first kappa shape index (κ1) is 13.2. The summed E-state index contributed by atoms with van der Waals surface area (Å²) in [4.78, 5) is 7.98. The van der Waals surface area contributed by atoms with Gasteiger partial charge in [-0.2, -0.15) is 0 Å². The molecule has 0 atom stereocenters. The molecule has 0 spiro atoms. The normalized spacial score (nSPS) is 11.4. The lowest BCUT2D eigenvalue weighted by Crippen LogP contribution is -1.87. The van der Waals surface area contributed by atoms with E-state index in [-0.39, 0.29) is 0 Å². The van der Waals surface area contributed by atoms with Gasteiger partial charge >= 0.3 is 0 Å². The van der Waals surface area contributed by atoms with Crippen molar-refractivity contribution in [3.63, 3.8) is 0 Å². The molecule has 1 heterocycles. The van der Waals surface area contributed by atoms with E-state index >= 15 is 0 Å². The molecular formula is C17H17ClN2. The molecule has 20 heavy (non-hydrogen) atoms. The van der Waals surface area contributed by atoms with Gasteiger partial charge in [-0.25, -0.2) is 4.98 Å². The third kappa shape index (κ3) is 2.32. The van der Waals surface area contributed by atoms with E-state index in [9.17, 15) is 0 Å². The predicted octanol–water partition coefficient (Wildman–Crippen LogP) is 5.32. The summed E-state index contributed by atoms with van der Waals surface area (Å²) in [6.45, 7) is 6.39. The van der Waals surface area contributed by atoms with E-state index in [4.69, 9.17) is 11.6 Å². The fourth-order valence-electron chi connectivity index (χ4n) is 2.30.